The summed E-state index contributed by atoms with van der Waals surface area (Å²) in [6.45, 7) is 2.99. The quantitative estimate of drug-likeness (QED) is 0.192. The summed E-state index contributed by atoms with van der Waals surface area (Å²) in [7, 11) is -0.881. The van der Waals surface area contributed by atoms with Crippen LogP contribution in [0.1, 0.15) is 27.2 Å². The average Bonchev–Trinajstić information content (AvgIpc) is 3.41. The molecule has 0 radical (unpaired) electrons. The van der Waals surface area contributed by atoms with Crippen LogP contribution in [0.25, 0.3) is 31.8 Å². The molecule has 2 heterocycles. The zero-order valence-electron chi connectivity index (χ0n) is 24.2. The highest BCUT2D eigenvalue weighted by molar-refractivity contribution is 7.89. The third kappa shape index (κ3) is 7.00. The fourth-order valence-electron chi connectivity index (χ4n) is 4.71. The minimum absolute atomic E-state index is 0.0901. The number of rotatable bonds is 12. The Bertz CT molecular complexity index is 1970. The zero-order valence-corrected chi connectivity index (χ0v) is 25.9. The number of fused-ring (bicyclic) bond motifs is 2. The summed E-state index contributed by atoms with van der Waals surface area (Å²) in [5, 5.41) is 8.78. The van der Waals surface area contributed by atoms with Gasteiger partial charge in [0.25, 0.3) is 5.91 Å². The minimum atomic E-state index is -4.02. The van der Waals surface area contributed by atoms with Crippen molar-refractivity contribution in [3.05, 3.63) is 76.9 Å². The maximum atomic E-state index is 13.8. The van der Waals surface area contributed by atoms with Crippen LogP contribution in [0.2, 0.25) is 0 Å². The van der Waals surface area contributed by atoms with E-state index in [0.29, 0.717) is 51.8 Å². The first kappa shape index (κ1) is 31.3. The normalized spacial score (nSPS) is 11.8. The Hall–Kier alpha value is -4.08. The minimum Gasteiger partial charge on any atom is -0.493 e. The molecule has 0 aliphatic rings. The van der Waals surface area contributed by atoms with Crippen molar-refractivity contribution in [3.8, 4) is 16.3 Å². The van der Waals surface area contributed by atoms with Gasteiger partial charge in [-0.15, -0.1) is 11.3 Å². The van der Waals surface area contributed by atoms with E-state index >= 15 is 0 Å². The van der Waals surface area contributed by atoms with Crippen LogP contribution in [0.4, 0.5) is 4.39 Å². The van der Waals surface area contributed by atoms with Crippen molar-refractivity contribution < 1.29 is 31.8 Å². The van der Waals surface area contributed by atoms with Crippen LogP contribution in [-0.4, -0.2) is 63.3 Å². The number of carbonyl (C=O) groups is 1. The Labute approximate surface area is 257 Å². The van der Waals surface area contributed by atoms with Gasteiger partial charge in [0.15, 0.2) is 0 Å². The molecular weight excluding hydrogens is 609 g/mol. The van der Waals surface area contributed by atoms with Crippen molar-refractivity contribution in [2.45, 2.75) is 24.8 Å². The van der Waals surface area contributed by atoms with Gasteiger partial charge < -0.3 is 19.5 Å². The van der Waals surface area contributed by atoms with E-state index in [1.807, 2.05) is 19.1 Å². The maximum absolute atomic E-state index is 13.8. The van der Waals surface area contributed by atoms with E-state index in [0.717, 1.165) is 34.0 Å². The summed E-state index contributed by atoms with van der Waals surface area (Å²) < 4.78 is 54.7. The predicted octanol–water partition coefficient (Wildman–Crippen LogP) is 4.15. The molecule has 0 saturated carbocycles. The number of halogens is 1. The molecule has 0 spiro atoms. The number of primary sulfonamides is 1. The van der Waals surface area contributed by atoms with Gasteiger partial charge in [-0.3, -0.25) is 9.78 Å². The lowest BCUT2D eigenvalue weighted by Crippen LogP contribution is -2.27. The van der Waals surface area contributed by atoms with Crippen LogP contribution < -0.4 is 15.2 Å². The van der Waals surface area contributed by atoms with E-state index in [-0.39, 0.29) is 36.0 Å². The molecule has 0 unspecified atom stereocenters. The summed E-state index contributed by atoms with van der Waals surface area (Å²) in [6.07, 6.45) is 1.77. The highest BCUT2D eigenvalue weighted by Crippen LogP contribution is 2.37. The van der Waals surface area contributed by atoms with Gasteiger partial charge in [-0.1, -0.05) is 0 Å². The first-order valence-electron chi connectivity index (χ1n) is 13.5. The molecule has 1 amide bonds. The molecule has 3 N–H and O–H groups in total. The lowest BCUT2D eigenvalue weighted by Gasteiger charge is -2.10. The fourth-order valence-corrected chi connectivity index (χ4v) is 6.58. The van der Waals surface area contributed by atoms with E-state index in [2.05, 4.69) is 15.3 Å². The molecule has 5 aromatic rings. The van der Waals surface area contributed by atoms with Gasteiger partial charge in [-0.2, -0.15) is 0 Å². The molecule has 5 rings (SSSR count). The Morgan fingerprint density at radius 3 is 2.61 bits per heavy atom. The predicted molar refractivity (Wildman–Crippen MR) is 165 cm³/mol. The standard InChI is InChI=1S/C30H30FN5O6S2/c1-17-10-22(42-8-6-18-11-20(31)4-5-26(18)44(32,38)39)14-25-27(17)36-30(43-25)23-12-19(29(37)33-7-9-40-2)13-24-28(23)34-15-21(35-24)16-41-3/h4-5,10-15H,6-9,16H2,1-3H3,(H,33,37)(H2,32,38,39). The van der Waals surface area contributed by atoms with Gasteiger partial charge in [-0.25, -0.2) is 27.9 Å². The third-order valence-corrected chi connectivity index (χ3v) is 8.75. The molecular formula is C30H30FN5O6S2. The van der Waals surface area contributed by atoms with Gasteiger partial charge in [0.2, 0.25) is 10.0 Å². The van der Waals surface area contributed by atoms with E-state index in [1.54, 1.807) is 32.5 Å². The summed E-state index contributed by atoms with van der Waals surface area (Å²) in [5.74, 6) is -0.301. The van der Waals surface area contributed by atoms with Crippen molar-refractivity contribution in [2.24, 2.45) is 5.14 Å². The number of carbonyl (C=O) groups excluding carboxylic acids is 1. The number of aryl methyl sites for hydroxylation is 1. The highest BCUT2D eigenvalue weighted by Gasteiger charge is 2.19. The molecule has 0 bridgehead atoms. The number of sulfonamides is 1. The molecule has 0 aliphatic heterocycles. The SMILES string of the molecule is COCCNC(=O)c1cc(-c2nc3c(C)cc(OCCc4cc(F)ccc4S(N)(=O)=O)cc3s2)c2ncc(COC)nc2c1. The lowest BCUT2D eigenvalue weighted by molar-refractivity contribution is 0.0937. The van der Waals surface area contributed by atoms with E-state index in [9.17, 15) is 17.6 Å². The second kappa shape index (κ2) is 13.3. The topological polar surface area (TPSA) is 156 Å². The summed E-state index contributed by atoms with van der Waals surface area (Å²) in [6, 6.07) is 10.5. The maximum Gasteiger partial charge on any atom is 0.251 e. The molecule has 2 aromatic heterocycles. The molecule has 0 aliphatic carbocycles. The first-order chi connectivity index (χ1) is 21.1. The number of hydrogen-bond acceptors (Lipinski definition) is 10. The van der Waals surface area contributed by atoms with Crippen LogP contribution >= 0.6 is 11.3 Å². The van der Waals surface area contributed by atoms with Gasteiger partial charge in [0.05, 0.1) is 57.9 Å². The van der Waals surface area contributed by atoms with Gasteiger partial charge in [0, 0.05) is 38.3 Å². The van der Waals surface area contributed by atoms with Crippen LogP contribution in [0.15, 0.2) is 53.6 Å². The molecule has 0 saturated heterocycles. The molecule has 14 heteroatoms. The summed E-state index contributed by atoms with van der Waals surface area (Å²) in [5.41, 5.74) is 4.65. The monoisotopic (exact) mass is 639 g/mol. The van der Waals surface area contributed by atoms with Crippen LogP contribution in [-0.2, 0) is 32.5 Å². The Balaban J connectivity index is 1.47. The average molecular weight is 640 g/mol. The molecule has 230 valence electrons. The van der Waals surface area contributed by atoms with Crippen LogP contribution in [0.5, 0.6) is 5.75 Å². The Morgan fingerprint density at radius 1 is 1.05 bits per heavy atom. The Morgan fingerprint density at radius 2 is 1.86 bits per heavy atom. The number of nitrogens with one attached hydrogen (secondary N) is 1. The molecule has 0 fully saturated rings. The number of hydrogen-bond donors (Lipinski definition) is 2. The van der Waals surface area contributed by atoms with Crippen LogP contribution in [0, 0.1) is 12.7 Å². The summed E-state index contributed by atoms with van der Waals surface area (Å²) in [4.78, 5) is 27.0. The van der Waals surface area contributed by atoms with Crippen molar-refractivity contribution in [1.29, 1.82) is 0 Å². The summed E-state index contributed by atoms with van der Waals surface area (Å²) >= 11 is 1.41. The number of aromatic nitrogens is 3. The van der Waals surface area contributed by atoms with Gasteiger partial charge in [0.1, 0.15) is 16.6 Å². The van der Waals surface area contributed by atoms with E-state index < -0.39 is 15.8 Å². The lowest BCUT2D eigenvalue weighted by atomic mass is 10.1. The van der Waals surface area contributed by atoms with Gasteiger partial charge >= 0.3 is 0 Å². The van der Waals surface area contributed by atoms with Crippen molar-refractivity contribution in [3.63, 3.8) is 0 Å². The number of nitrogens with zero attached hydrogens (tertiary/aromatic N) is 3. The zero-order chi connectivity index (χ0) is 31.4. The van der Waals surface area contributed by atoms with Crippen molar-refractivity contribution in [2.75, 3.05) is 34.0 Å². The first-order valence-corrected chi connectivity index (χ1v) is 15.8. The number of nitrogens with two attached hydrogens (primary N) is 1. The largest absolute Gasteiger partial charge is 0.493 e. The third-order valence-electron chi connectivity index (χ3n) is 6.70. The number of methoxy groups -OCH3 is 2. The number of amides is 1. The van der Waals surface area contributed by atoms with Crippen molar-refractivity contribution >= 4 is 48.5 Å². The molecule has 3 aromatic carbocycles. The van der Waals surface area contributed by atoms with E-state index in [1.165, 1.54) is 11.3 Å². The molecule has 11 nitrogen and oxygen atoms in total. The Kier molecular flexibility index (Phi) is 9.46. The van der Waals surface area contributed by atoms with Crippen molar-refractivity contribution in [1.82, 2.24) is 20.3 Å². The van der Waals surface area contributed by atoms with E-state index in [4.69, 9.17) is 24.3 Å². The fraction of sp³-hybridized carbons (Fsp3) is 0.267. The van der Waals surface area contributed by atoms with Gasteiger partial charge in [-0.05, 0) is 60.5 Å². The smallest absolute Gasteiger partial charge is 0.251 e. The number of benzene rings is 3. The highest BCUT2D eigenvalue weighted by atomic mass is 32.2. The number of thiazole rings is 1. The second-order valence-corrected chi connectivity index (χ2v) is 12.5. The molecule has 0 atom stereocenters. The molecule has 44 heavy (non-hydrogen) atoms. The second-order valence-electron chi connectivity index (χ2n) is 9.94. The number of ether oxygens (including phenoxy) is 3. The van der Waals surface area contributed by atoms with Crippen LogP contribution in [0.3, 0.4) is 0 Å².